The van der Waals surface area contributed by atoms with Crippen molar-refractivity contribution in [2.75, 3.05) is 26.3 Å². The minimum atomic E-state index is 0.118. The number of carbonyl (C=O) groups excluding carboxylic acids is 1. The lowest BCUT2D eigenvalue weighted by Crippen LogP contribution is -2.32. The maximum atomic E-state index is 11.6. The van der Waals surface area contributed by atoms with Crippen molar-refractivity contribution < 1.29 is 9.53 Å². The van der Waals surface area contributed by atoms with Crippen LogP contribution in [0.15, 0.2) is 0 Å². The molecule has 1 saturated carbocycles. The average Bonchev–Trinajstić information content (AvgIpc) is 2.42. The van der Waals surface area contributed by atoms with Crippen LogP contribution in [-0.2, 0) is 9.53 Å². The molecule has 0 aromatic heterocycles. The van der Waals surface area contributed by atoms with E-state index in [0.717, 1.165) is 26.1 Å². The second-order valence-corrected chi connectivity index (χ2v) is 5.29. The summed E-state index contributed by atoms with van der Waals surface area (Å²) in [5.41, 5.74) is 5.67. The smallest absolute Gasteiger partial charge is 0.222 e. The standard InChI is InChI=1S/C14H28N2O2/c1-2-8-18-9-7-14(17)16-11-13-5-3-12(10-15)4-6-13/h12-13H,2-11,15H2,1H3,(H,16,17). The number of rotatable bonds is 8. The van der Waals surface area contributed by atoms with Gasteiger partial charge >= 0.3 is 0 Å². The molecule has 1 aliphatic carbocycles. The summed E-state index contributed by atoms with van der Waals surface area (Å²) < 4.78 is 5.30. The van der Waals surface area contributed by atoms with Crippen molar-refractivity contribution in [2.24, 2.45) is 17.6 Å². The first kappa shape index (κ1) is 15.4. The summed E-state index contributed by atoms with van der Waals surface area (Å²) in [5, 5.41) is 3.01. The molecule has 0 aromatic rings. The zero-order chi connectivity index (χ0) is 13.2. The van der Waals surface area contributed by atoms with Crippen molar-refractivity contribution in [1.82, 2.24) is 5.32 Å². The van der Waals surface area contributed by atoms with Gasteiger partial charge in [0.25, 0.3) is 0 Å². The van der Waals surface area contributed by atoms with Crippen molar-refractivity contribution >= 4 is 5.91 Å². The first-order chi connectivity index (χ1) is 8.76. The molecule has 0 heterocycles. The fraction of sp³-hybridized carbons (Fsp3) is 0.929. The molecule has 0 bridgehead atoms. The van der Waals surface area contributed by atoms with Crippen LogP contribution >= 0.6 is 0 Å². The van der Waals surface area contributed by atoms with E-state index in [0.29, 0.717) is 24.9 Å². The Morgan fingerprint density at radius 1 is 1.22 bits per heavy atom. The Morgan fingerprint density at radius 3 is 2.50 bits per heavy atom. The number of amides is 1. The first-order valence-electron chi connectivity index (χ1n) is 7.30. The van der Waals surface area contributed by atoms with Crippen LogP contribution in [0.5, 0.6) is 0 Å². The van der Waals surface area contributed by atoms with Gasteiger partial charge in [-0.1, -0.05) is 6.92 Å². The highest BCUT2D eigenvalue weighted by Crippen LogP contribution is 2.27. The summed E-state index contributed by atoms with van der Waals surface area (Å²) in [6.45, 7) is 4.99. The highest BCUT2D eigenvalue weighted by Gasteiger charge is 2.20. The van der Waals surface area contributed by atoms with Gasteiger partial charge in [-0.25, -0.2) is 0 Å². The minimum absolute atomic E-state index is 0.118. The van der Waals surface area contributed by atoms with E-state index in [1.54, 1.807) is 0 Å². The van der Waals surface area contributed by atoms with Crippen molar-refractivity contribution in [1.29, 1.82) is 0 Å². The summed E-state index contributed by atoms with van der Waals surface area (Å²) in [5.74, 6) is 1.47. The molecule has 0 atom stereocenters. The van der Waals surface area contributed by atoms with Crippen LogP contribution in [-0.4, -0.2) is 32.2 Å². The highest BCUT2D eigenvalue weighted by atomic mass is 16.5. The number of nitrogens with one attached hydrogen (secondary N) is 1. The molecule has 4 heteroatoms. The summed E-state index contributed by atoms with van der Waals surface area (Å²) in [4.78, 5) is 11.6. The van der Waals surface area contributed by atoms with E-state index in [9.17, 15) is 4.79 Å². The Labute approximate surface area is 111 Å². The third-order valence-electron chi connectivity index (χ3n) is 3.71. The van der Waals surface area contributed by atoms with Gasteiger partial charge in [0.15, 0.2) is 0 Å². The normalized spacial score (nSPS) is 23.9. The van der Waals surface area contributed by atoms with Crippen LogP contribution < -0.4 is 11.1 Å². The summed E-state index contributed by atoms with van der Waals surface area (Å²) in [6.07, 6.45) is 6.33. The quantitative estimate of drug-likeness (QED) is 0.649. The van der Waals surface area contributed by atoms with Gasteiger partial charge in [-0.2, -0.15) is 0 Å². The topological polar surface area (TPSA) is 64.3 Å². The van der Waals surface area contributed by atoms with Crippen LogP contribution in [0.1, 0.15) is 45.4 Å². The highest BCUT2D eigenvalue weighted by molar-refractivity contribution is 5.75. The van der Waals surface area contributed by atoms with Gasteiger partial charge in [0.05, 0.1) is 6.61 Å². The number of hydrogen-bond donors (Lipinski definition) is 2. The van der Waals surface area contributed by atoms with Crippen molar-refractivity contribution in [2.45, 2.75) is 45.4 Å². The molecular weight excluding hydrogens is 228 g/mol. The van der Waals surface area contributed by atoms with Crippen LogP contribution in [0.25, 0.3) is 0 Å². The molecular formula is C14H28N2O2. The van der Waals surface area contributed by atoms with Gasteiger partial charge in [0, 0.05) is 19.6 Å². The lowest BCUT2D eigenvalue weighted by atomic mass is 9.82. The molecule has 1 aliphatic rings. The Hall–Kier alpha value is -0.610. The Morgan fingerprint density at radius 2 is 1.89 bits per heavy atom. The van der Waals surface area contributed by atoms with Crippen LogP contribution in [0.3, 0.4) is 0 Å². The molecule has 3 N–H and O–H groups in total. The molecule has 0 radical (unpaired) electrons. The van der Waals surface area contributed by atoms with E-state index in [2.05, 4.69) is 12.2 Å². The van der Waals surface area contributed by atoms with Crippen LogP contribution in [0.4, 0.5) is 0 Å². The van der Waals surface area contributed by atoms with Gasteiger partial charge in [0.2, 0.25) is 5.91 Å². The minimum Gasteiger partial charge on any atom is -0.381 e. The fourth-order valence-corrected chi connectivity index (χ4v) is 2.43. The number of ether oxygens (including phenoxy) is 1. The molecule has 0 saturated heterocycles. The Bertz CT molecular complexity index is 226. The van der Waals surface area contributed by atoms with Crippen molar-refractivity contribution in [3.8, 4) is 0 Å². The van der Waals surface area contributed by atoms with Gasteiger partial charge in [-0.15, -0.1) is 0 Å². The molecule has 18 heavy (non-hydrogen) atoms. The number of nitrogens with two attached hydrogens (primary N) is 1. The number of hydrogen-bond acceptors (Lipinski definition) is 3. The van der Waals surface area contributed by atoms with E-state index in [1.807, 2.05) is 0 Å². The van der Waals surface area contributed by atoms with E-state index in [4.69, 9.17) is 10.5 Å². The molecule has 0 unspecified atom stereocenters. The molecule has 0 aliphatic heterocycles. The predicted octanol–water partition coefficient (Wildman–Crippen LogP) is 1.68. The second-order valence-electron chi connectivity index (χ2n) is 5.29. The third kappa shape index (κ3) is 6.36. The number of carbonyl (C=O) groups is 1. The Kier molecular flexibility index (Phi) is 8.01. The van der Waals surface area contributed by atoms with E-state index in [-0.39, 0.29) is 5.91 Å². The van der Waals surface area contributed by atoms with Gasteiger partial charge in [0.1, 0.15) is 0 Å². The monoisotopic (exact) mass is 256 g/mol. The summed E-state index contributed by atoms with van der Waals surface area (Å²) in [6, 6.07) is 0. The zero-order valence-corrected chi connectivity index (χ0v) is 11.6. The van der Waals surface area contributed by atoms with Crippen LogP contribution in [0.2, 0.25) is 0 Å². The maximum Gasteiger partial charge on any atom is 0.222 e. The van der Waals surface area contributed by atoms with E-state index in [1.165, 1.54) is 25.7 Å². The molecule has 1 fully saturated rings. The molecule has 4 nitrogen and oxygen atoms in total. The predicted molar refractivity (Wildman–Crippen MR) is 73.2 cm³/mol. The molecule has 1 rings (SSSR count). The molecule has 0 spiro atoms. The van der Waals surface area contributed by atoms with Gasteiger partial charge in [-0.3, -0.25) is 4.79 Å². The summed E-state index contributed by atoms with van der Waals surface area (Å²) in [7, 11) is 0. The van der Waals surface area contributed by atoms with Crippen molar-refractivity contribution in [3.05, 3.63) is 0 Å². The second kappa shape index (κ2) is 9.34. The maximum absolute atomic E-state index is 11.6. The fourth-order valence-electron chi connectivity index (χ4n) is 2.43. The largest absolute Gasteiger partial charge is 0.381 e. The zero-order valence-electron chi connectivity index (χ0n) is 11.6. The van der Waals surface area contributed by atoms with Crippen molar-refractivity contribution in [3.63, 3.8) is 0 Å². The third-order valence-corrected chi connectivity index (χ3v) is 3.71. The lowest BCUT2D eigenvalue weighted by Gasteiger charge is -2.27. The molecule has 0 aromatic carbocycles. The molecule has 1 amide bonds. The summed E-state index contributed by atoms with van der Waals surface area (Å²) >= 11 is 0. The SMILES string of the molecule is CCCOCCC(=O)NCC1CCC(CN)CC1. The van der Waals surface area contributed by atoms with Gasteiger partial charge < -0.3 is 15.8 Å². The lowest BCUT2D eigenvalue weighted by molar-refractivity contribution is -0.122. The van der Waals surface area contributed by atoms with E-state index >= 15 is 0 Å². The molecule has 106 valence electrons. The van der Waals surface area contributed by atoms with Crippen LogP contribution in [0, 0.1) is 11.8 Å². The van der Waals surface area contributed by atoms with Gasteiger partial charge in [-0.05, 0) is 50.5 Å². The first-order valence-corrected chi connectivity index (χ1v) is 7.30. The average molecular weight is 256 g/mol. The Balaban J connectivity index is 2.01. The van der Waals surface area contributed by atoms with E-state index < -0.39 is 0 Å².